The minimum atomic E-state index is -1.04. The molecule has 2 aromatic rings. The van der Waals surface area contributed by atoms with Crippen molar-refractivity contribution in [3.63, 3.8) is 0 Å². The molecule has 0 heterocycles. The van der Waals surface area contributed by atoms with Gasteiger partial charge < -0.3 is 24.4 Å². The molecule has 2 atom stereocenters. The van der Waals surface area contributed by atoms with Gasteiger partial charge in [0.2, 0.25) is 0 Å². The molecule has 2 rings (SSSR count). The Morgan fingerprint density at radius 1 is 1.15 bits per heavy atom. The largest absolute Gasteiger partial charge is 0.491 e. The first-order valence-electron chi connectivity index (χ1n) is 10.2. The molecule has 174 valence electrons. The van der Waals surface area contributed by atoms with Crippen LogP contribution < -0.4 is 10.1 Å². The Hall–Kier alpha value is -3.87. The number of benzene rings is 2. The summed E-state index contributed by atoms with van der Waals surface area (Å²) in [6.07, 6.45) is 1.30. The molecule has 2 aromatic carbocycles. The van der Waals surface area contributed by atoms with Gasteiger partial charge in [0, 0.05) is 18.9 Å². The maximum absolute atomic E-state index is 12.6. The molecule has 0 aliphatic heterocycles. The van der Waals surface area contributed by atoms with Gasteiger partial charge >= 0.3 is 12.1 Å². The van der Waals surface area contributed by atoms with Gasteiger partial charge in [0.15, 0.2) is 6.10 Å². The van der Waals surface area contributed by atoms with Crippen molar-refractivity contribution >= 4 is 17.7 Å². The number of nitrogens with zero attached hydrogens (tertiary/aromatic N) is 1. The highest BCUT2D eigenvalue weighted by atomic mass is 16.6. The van der Waals surface area contributed by atoms with Crippen LogP contribution in [0.2, 0.25) is 0 Å². The van der Waals surface area contributed by atoms with Crippen molar-refractivity contribution < 1.29 is 34.0 Å². The lowest BCUT2D eigenvalue weighted by molar-refractivity contribution is -0.131. The van der Waals surface area contributed by atoms with Gasteiger partial charge in [-0.3, -0.25) is 5.32 Å². The van der Waals surface area contributed by atoms with Crippen LogP contribution in [-0.2, 0) is 14.3 Å². The number of aliphatic hydroxyl groups is 1. The summed E-state index contributed by atoms with van der Waals surface area (Å²) in [5.41, 5.74) is 1.57. The quantitative estimate of drug-likeness (QED) is 0.413. The Morgan fingerprint density at radius 3 is 2.42 bits per heavy atom. The number of anilines is 1. The zero-order valence-electron chi connectivity index (χ0n) is 18.1. The molecule has 0 aliphatic rings. The maximum Gasteiger partial charge on any atom is 0.412 e. The minimum Gasteiger partial charge on any atom is -0.491 e. The third-order valence-electron chi connectivity index (χ3n) is 4.58. The van der Waals surface area contributed by atoms with Gasteiger partial charge in [-0.15, -0.1) is 0 Å². The Bertz CT molecular complexity index is 966. The normalized spacial score (nSPS) is 12.5. The van der Waals surface area contributed by atoms with Crippen LogP contribution in [0.25, 0.3) is 0 Å². The highest BCUT2D eigenvalue weighted by Crippen LogP contribution is 2.29. The number of amides is 1. The second kappa shape index (κ2) is 13.5. The molecular formula is C24H26N2O7. The first-order valence-corrected chi connectivity index (χ1v) is 10.2. The van der Waals surface area contributed by atoms with Gasteiger partial charge in [0.05, 0.1) is 24.3 Å². The van der Waals surface area contributed by atoms with Crippen LogP contribution in [-0.4, -0.2) is 48.7 Å². The molecule has 0 spiro atoms. The van der Waals surface area contributed by atoms with Gasteiger partial charge in [-0.1, -0.05) is 18.2 Å². The van der Waals surface area contributed by atoms with Crippen molar-refractivity contribution in [2.45, 2.75) is 25.0 Å². The average Bonchev–Trinajstić information content (AvgIpc) is 2.82. The number of nitriles is 1. The molecule has 0 saturated carbocycles. The Balaban J connectivity index is 2.17. The number of hydrogen-bond donors (Lipinski definition) is 3. The highest BCUT2D eigenvalue weighted by molar-refractivity contribution is 5.84. The molecule has 3 N–H and O–H groups in total. The zero-order chi connectivity index (χ0) is 24.1. The lowest BCUT2D eigenvalue weighted by Crippen LogP contribution is -2.28. The number of hydrogen-bond acceptors (Lipinski definition) is 7. The Labute approximate surface area is 191 Å². The summed E-state index contributed by atoms with van der Waals surface area (Å²) < 4.78 is 16.6. The predicted molar refractivity (Wildman–Crippen MR) is 120 cm³/mol. The van der Waals surface area contributed by atoms with E-state index in [1.807, 2.05) is 6.07 Å². The molecule has 33 heavy (non-hydrogen) atoms. The fourth-order valence-corrected chi connectivity index (χ4v) is 3.00. The molecule has 0 fully saturated rings. The number of carbonyl (C=O) groups is 2. The average molecular weight is 454 g/mol. The van der Waals surface area contributed by atoms with Crippen LogP contribution in [0.3, 0.4) is 0 Å². The number of nitrogens with one attached hydrogen (secondary N) is 1. The van der Waals surface area contributed by atoms with E-state index in [4.69, 9.17) is 29.7 Å². The van der Waals surface area contributed by atoms with Crippen LogP contribution in [0.4, 0.5) is 10.5 Å². The van der Waals surface area contributed by atoms with Gasteiger partial charge in [-0.05, 0) is 54.8 Å². The summed E-state index contributed by atoms with van der Waals surface area (Å²) in [6, 6.07) is 15.2. The summed E-state index contributed by atoms with van der Waals surface area (Å²) >= 11 is 0. The van der Waals surface area contributed by atoms with E-state index in [9.17, 15) is 9.59 Å². The third-order valence-corrected chi connectivity index (χ3v) is 4.58. The van der Waals surface area contributed by atoms with E-state index in [-0.39, 0.29) is 13.2 Å². The fourth-order valence-electron chi connectivity index (χ4n) is 3.00. The van der Waals surface area contributed by atoms with Crippen molar-refractivity contribution in [2.75, 3.05) is 25.6 Å². The third kappa shape index (κ3) is 8.65. The van der Waals surface area contributed by atoms with Crippen molar-refractivity contribution in [1.29, 1.82) is 5.26 Å². The topological polar surface area (TPSA) is 138 Å². The van der Waals surface area contributed by atoms with E-state index < -0.39 is 24.3 Å². The number of allylic oxidation sites excluding steroid dienone is 1. The van der Waals surface area contributed by atoms with E-state index in [1.165, 1.54) is 13.2 Å². The molecule has 9 nitrogen and oxygen atoms in total. The van der Waals surface area contributed by atoms with Gasteiger partial charge in [-0.2, -0.15) is 5.26 Å². The second-order valence-electron chi connectivity index (χ2n) is 6.87. The van der Waals surface area contributed by atoms with Crippen molar-refractivity contribution in [3.8, 4) is 11.8 Å². The summed E-state index contributed by atoms with van der Waals surface area (Å²) in [7, 11) is 1.49. The number of rotatable bonds is 12. The number of carboxylic acids is 1. The van der Waals surface area contributed by atoms with Crippen molar-refractivity contribution in [1.82, 2.24) is 0 Å². The number of carboxylic acid groups (broad SMARTS) is 1. The molecule has 0 saturated heterocycles. The van der Waals surface area contributed by atoms with Crippen LogP contribution in [0.1, 0.15) is 30.1 Å². The van der Waals surface area contributed by atoms with Crippen LogP contribution >= 0.6 is 0 Å². The first kappa shape index (κ1) is 25.4. The summed E-state index contributed by atoms with van der Waals surface area (Å²) in [4.78, 5) is 23.3. The summed E-state index contributed by atoms with van der Waals surface area (Å²) in [5.74, 6) is -0.496. The SMILES string of the molecule is CO[C@H](CC/C=C/C(=O)O)[C@H](OC(=O)Nc1ccc(C#N)cc1)c1ccc(OCCO)cc1. The molecule has 0 unspecified atom stereocenters. The minimum absolute atomic E-state index is 0.112. The Morgan fingerprint density at radius 2 is 1.85 bits per heavy atom. The zero-order valence-corrected chi connectivity index (χ0v) is 18.1. The van der Waals surface area contributed by atoms with Crippen LogP contribution in [0.15, 0.2) is 60.7 Å². The predicted octanol–water partition coefficient (Wildman–Crippen LogP) is 3.66. The smallest absolute Gasteiger partial charge is 0.412 e. The number of methoxy groups -OCH3 is 1. The molecule has 0 aliphatic carbocycles. The van der Waals surface area contributed by atoms with Crippen molar-refractivity contribution in [2.24, 2.45) is 0 Å². The number of aliphatic hydroxyl groups excluding tert-OH is 1. The lowest BCUT2D eigenvalue weighted by Gasteiger charge is -2.26. The molecule has 9 heteroatoms. The van der Waals surface area contributed by atoms with Crippen LogP contribution in [0, 0.1) is 11.3 Å². The molecule has 0 radical (unpaired) electrons. The molecule has 1 amide bonds. The molecule has 0 aromatic heterocycles. The van der Waals surface area contributed by atoms with Crippen LogP contribution in [0.5, 0.6) is 5.75 Å². The van der Waals surface area contributed by atoms with E-state index in [2.05, 4.69) is 5.32 Å². The number of carbonyl (C=O) groups excluding carboxylic acids is 1. The molecular weight excluding hydrogens is 428 g/mol. The first-order chi connectivity index (χ1) is 16.0. The summed E-state index contributed by atoms with van der Waals surface area (Å²) in [6.45, 7) is 0.0431. The number of ether oxygens (including phenoxy) is 3. The van der Waals surface area contributed by atoms with E-state index >= 15 is 0 Å². The molecule has 0 bridgehead atoms. The standard InChI is InChI=1S/C24H26N2O7/c1-31-21(4-2-3-5-22(28)29)23(18-8-12-20(13-9-18)32-15-14-27)33-24(30)26-19-10-6-17(16-25)7-11-19/h3,5-13,21,23,27H,2,4,14-15H2,1H3,(H,26,30)(H,28,29)/b5-3+/t21-,23-/m1/s1. The lowest BCUT2D eigenvalue weighted by atomic mass is 10.00. The summed E-state index contributed by atoms with van der Waals surface area (Å²) in [5, 5.41) is 29.2. The van der Waals surface area contributed by atoms with Gasteiger partial charge in [-0.25, -0.2) is 9.59 Å². The van der Waals surface area contributed by atoms with E-state index in [0.717, 1.165) is 6.08 Å². The van der Waals surface area contributed by atoms with E-state index in [1.54, 1.807) is 48.5 Å². The second-order valence-corrected chi connectivity index (χ2v) is 6.87. The fraction of sp³-hybridized carbons (Fsp3) is 0.292. The number of aliphatic carboxylic acids is 1. The highest BCUT2D eigenvalue weighted by Gasteiger charge is 2.27. The van der Waals surface area contributed by atoms with Gasteiger partial charge in [0.25, 0.3) is 0 Å². The maximum atomic E-state index is 12.6. The van der Waals surface area contributed by atoms with Crippen molar-refractivity contribution in [3.05, 3.63) is 71.8 Å². The van der Waals surface area contributed by atoms with Gasteiger partial charge in [0.1, 0.15) is 12.4 Å². The Kier molecular flexibility index (Phi) is 10.4. The van der Waals surface area contributed by atoms with E-state index in [0.29, 0.717) is 35.4 Å². The monoisotopic (exact) mass is 454 g/mol.